The fraction of sp³-hybridized carbons (Fsp3) is 0.417. The number of nitrogens with zero attached hydrogens (tertiary/aromatic N) is 1. The molecule has 0 saturated carbocycles. The summed E-state index contributed by atoms with van der Waals surface area (Å²) in [5.74, 6) is -1.30. The van der Waals surface area contributed by atoms with Gasteiger partial charge in [-0.1, -0.05) is 15.9 Å². The molecule has 0 aromatic heterocycles. The van der Waals surface area contributed by atoms with E-state index in [2.05, 4.69) is 31.9 Å². The first-order valence-corrected chi connectivity index (χ1v) is 9.03. The predicted molar refractivity (Wildman–Crippen MR) is 81.0 cm³/mol. The third-order valence-corrected chi connectivity index (χ3v) is 6.68. The first-order valence-electron chi connectivity index (χ1n) is 6.00. The van der Waals surface area contributed by atoms with E-state index in [1.54, 1.807) is 12.1 Å². The van der Waals surface area contributed by atoms with Crippen molar-refractivity contribution in [2.24, 2.45) is 5.92 Å². The lowest BCUT2D eigenvalue weighted by Gasteiger charge is -2.29. The number of rotatable bonds is 3. The Hall–Kier alpha value is -0.440. The van der Waals surface area contributed by atoms with E-state index in [1.165, 1.54) is 10.4 Å². The van der Waals surface area contributed by atoms with Crippen LogP contribution in [0.4, 0.5) is 0 Å². The number of hydrogen-bond donors (Lipinski definition) is 1. The predicted octanol–water partition coefficient (Wildman–Crippen LogP) is 2.70. The molecule has 20 heavy (non-hydrogen) atoms. The molecule has 1 aliphatic rings. The van der Waals surface area contributed by atoms with Gasteiger partial charge < -0.3 is 5.11 Å². The highest BCUT2D eigenvalue weighted by Gasteiger charge is 2.32. The van der Waals surface area contributed by atoms with Crippen LogP contribution in [0.5, 0.6) is 0 Å². The summed E-state index contributed by atoms with van der Waals surface area (Å²) in [6.07, 6.45) is 0.700. The van der Waals surface area contributed by atoms with Crippen molar-refractivity contribution in [3.05, 3.63) is 27.1 Å². The molecule has 1 aromatic rings. The number of benzene rings is 1. The van der Waals surface area contributed by atoms with Gasteiger partial charge in [-0.3, -0.25) is 4.79 Å². The largest absolute Gasteiger partial charge is 0.481 e. The van der Waals surface area contributed by atoms with Crippen LogP contribution in [-0.4, -0.2) is 36.9 Å². The Morgan fingerprint density at radius 1 is 1.25 bits per heavy atom. The first-order chi connectivity index (χ1) is 9.32. The lowest BCUT2D eigenvalue weighted by Crippen LogP contribution is -2.40. The van der Waals surface area contributed by atoms with E-state index in [1.807, 2.05) is 0 Å². The Morgan fingerprint density at radius 3 is 2.35 bits per heavy atom. The second kappa shape index (κ2) is 6.13. The molecule has 1 heterocycles. The molecule has 0 unspecified atom stereocenters. The first kappa shape index (κ1) is 15.9. The number of sulfonamides is 1. The molecule has 0 atom stereocenters. The van der Waals surface area contributed by atoms with E-state index < -0.39 is 21.9 Å². The molecule has 1 aliphatic heterocycles. The van der Waals surface area contributed by atoms with E-state index in [9.17, 15) is 13.2 Å². The molecule has 0 spiro atoms. The molecule has 5 nitrogen and oxygen atoms in total. The minimum Gasteiger partial charge on any atom is -0.481 e. The Morgan fingerprint density at radius 2 is 1.85 bits per heavy atom. The third-order valence-electron chi connectivity index (χ3n) is 3.31. The molecular formula is C12H13Br2NO4S. The summed E-state index contributed by atoms with van der Waals surface area (Å²) in [5, 5.41) is 8.94. The Labute approximate surface area is 134 Å². The Bertz CT molecular complexity index is 624. The van der Waals surface area contributed by atoms with Crippen molar-refractivity contribution in [2.45, 2.75) is 17.7 Å². The van der Waals surface area contributed by atoms with Gasteiger partial charge in [-0.05, 0) is 47.0 Å². The average Bonchev–Trinajstić information content (AvgIpc) is 2.38. The summed E-state index contributed by atoms with van der Waals surface area (Å²) in [6.45, 7) is 0.476. The van der Waals surface area contributed by atoms with Crippen LogP contribution in [0.3, 0.4) is 0 Å². The van der Waals surface area contributed by atoms with Crippen molar-refractivity contribution < 1.29 is 18.3 Å². The number of aliphatic carboxylic acids is 1. The van der Waals surface area contributed by atoms with Gasteiger partial charge in [-0.25, -0.2) is 8.42 Å². The van der Waals surface area contributed by atoms with E-state index >= 15 is 0 Å². The molecule has 1 N–H and O–H groups in total. The molecule has 1 fully saturated rings. The lowest BCUT2D eigenvalue weighted by atomic mass is 9.99. The van der Waals surface area contributed by atoms with Crippen molar-refractivity contribution in [3.8, 4) is 0 Å². The molecule has 110 valence electrons. The van der Waals surface area contributed by atoms with Crippen LogP contribution in [0.25, 0.3) is 0 Å². The highest BCUT2D eigenvalue weighted by Crippen LogP contribution is 2.30. The Kier molecular flexibility index (Phi) is 4.88. The number of halogens is 2. The smallest absolute Gasteiger partial charge is 0.306 e. The van der Waals surface area contributed by atoms with Crippen LogP contribution >= 0.6 is 31.9 Å². The summed E-state index contributed by atoms with van der Waals surface area (Å²) in [5.41, 5.74) is 0. The van der Waals surface area contributed by atoms with Crippen molar-refractivity contribution >= 4 is 47.9 Å². The topological polar surface area (TPSA) is 74.7 Å². The highest BCUT2D eigenvalue weighted by atomic mass is 79.9. The van der Waals surface area contributed by atoms with Gasteiger partial charge in [0.05, 0.1) is 10.8 Å². The summed E-state index contributed by atoms with van der Waals surface area (Å²) in [6, 6.07) is 4.88. The van der Waals surface area contributed by atoms with Crippen LogP contribution in [0, 0.1) is 5.92 Å². The highest BCUT2D eigenvalue weighted by molar-refractivity contribution is 9.11. The number of piperidine rings is 1. The molecule has 0 amide bonds. The summed E-state index contributed by atoms with van der Waals surface area (Å²) in [7, 11) is -3.59. The van der Waals surface area contributed by atoms with Crippen LogP contribution in [0.15, 0.2) is 32.0 Å². The maximum atomic E-state index is 12.5. The van der Waals surface area contributed by atoms with E-state index in [-0.39, 0.29) is 18.0 Å². The fourth-order valence-electron chi connectivity index (χ4n) is 2.17. The minimum absolute atomic E-state index is 0.203. The van der Waals surface area contributed by atoms with Crippen molar-refractivity contribution in [2.75, 3.05) is 13.1 Å². The summed E-state index contributed by atoms with van der Waals surface area (Å²) < 4.78 is 27.7. The van der Waals surface area contributed by atoms with Crippen LogP contribution in [-0.2, 0) is 14.8 Å². The number of carboxylic acids is 1. The van der Waals surface area contributed by atoms with Gasteiger partial charge in [0.2, 0.25) is 10.0 Å². The van der Waals surface area contributed by atoms with Gasteiger partial charge in [0.15, 0.2) is 0 Å². The monoisotopic (exact) mass is 425 g/mol. The average molecular weight is 427 g/mol. The van der Waals surface area contributed by atoms with Crippen molar-refractivity contribution in [1.29, 1.82) is 0 Å². The van der Waals surface area contributed by atoms with E-state index in [4.69, 9.17) is 5.11 Å². The number of hydrogen-bond acceptors (Lipinski definition) is 3. The van der Waals surface area contributed by atoms with Gasteiger partial charge in [0.1, 0.15) is 0 Å². The molecule has 8 heteroatoms. The van der Waals surface area contributed by atoms with Gasteiger partial charge >= 0.3 is 5.97 Å². The molecule has 1 saturated heterocycles. The third kappa shape index (κ3) is 3.24. The zero-order chi connectivity index (χ0) is 14.9. The number of carbonyl (C=O) groups is 1. The molecule has 1 aromatic carbocycles. The van der Waals surface area contributed by atoms with Crippen molar-refractivity contribution in [1.82, 2.24) is 4.31 Å². The van der Waals surface area contributed by atoms with Crippen LogP contribution < -0.4 is 0 Å². The normalized spacial score (nSPS) is 18.1. The molecule has 2 rings (SSSR count). The second-order valence-electron chi connectivity index (χ2n) is 4.59. The Balaban J connectivity index is 2.22. The lowest BCUT2D eigenvalue weighted by molar-refractivity contribution is -0.142. The zero-order valence-corrected chi connectivity index (χ0v) is 14.4. The fourth-order valence-corrected chi connectivity index (χ4v) is 5.34. The van der Waals surface area contributed by atoms with Gasteiger partial charge in [-0.15, -0.1) is 0 Å². The van der Waals surface area contributed by atoms with E-state index in [0.717, 1.165) is 4.47 Å². The number of carboxylic acid groups (broad SMARTS) is 1. The molecule has 0 bridgehead atoms. The zero-order valence-electron chi connectivity index (χ0n) is 10.4. The van der Waals surface area contributed by atoms with Gasteiger partial charge in [-0.2, -0.15) is 4.31 Å². The molecule has 0 aliphatic carbocycles. The second-order valence-corrected chi connectivity index (χ2v) is 8.27. The molecular weight excluding hydrogens is 414 g/mol. The minimum atomic E-state index is -3.59. The molecule has 0 radical (unpaired) electrons. The maximum Gasteiger partial charge on any atom is 0.306 e. The van der Waals surface area contributed by atoms with Gasteiger partial charge in [0, 0.05) is 22.0 Å². The van der Waals surface area contributed by atoms with Crippen LogP contribution in [0.2, 0.25) is 0 Å². The van der Waals surface area contributed by atoms with E-state index in [0.29, 0.717) is 17.3 Å². The standard InChI is InChI=1S/C12H13Br2NO4S/c13-9-1-2-11(10(14)7-9)20(18,19)15-5-3-8(4-6-15)12(16)17/h1-2,7-8H,3-6H2,(H,16,17). The maximum absolute atomic E-state index is 12.5. The summed E-state index contributed by atoms with van der Waals surface area (Å²) >= 11 is 6.53. The van der Waals surface area contributed by atoms with Crippen LogP contribution in [0.1, 0.15) is 12.8 Å². The SMILES string of the molecule is O=C(O)C1CCN(S(=O)(=O)c2ccc(Br)cc2Br)CC1. The summed E-state index contributed by atoms with van der Waals surface area (Å²) in [4.78, 5) is 11.1. The van der Waals surface area contributed by atoms with Crippen molar-refractivity contribution in [3.63, 3.8) is 0 Å². The van der Waals surface area contributed by atoms with Gasteiger partial charge in [0.25, 0.3) is 0 Å². The quantitative estimate of drug-likeness (QED) is 0.806.